The molecule has 2 aromatic carbocycles. The second kappa shape index (κ2) is 7.17. The molecule has 0 aliphatic carbocycles. The summed E-state index contributed by atoms with van der Waals surface area (Å²) < 4.78 is 1.79. The van der Waals surface area contributed by atoms with Gasteiger partial charge in [0.25, 0.3) is 0 Å². The van der Waals surface area contributed by atoms with E-state index in [1.807, 2.05) is 25.1 Å². The topological polar surface area (TPSA) is 76.9 Å². The number of hydrogen-bond acceptors (Lipinski definition) is 5. The average Bonchev–Trinajstić information content (AvgIpc) is 3.24. The van der Waals surface area contributed by atoms with Gasteiger partial charge in [0, 0.05) is 16.3 Å². The number of thioether (sulfide) groups is 1. The molecule has 1 aliphatic heterocycles. The number of anilines is 1. The average molecular weight is 399 g/mol. The summed E-state index contributed by atoms with van der Waals surface area (Å²) in [6, 6.07) is 12.7. The summed E-state index contributed by atoms with van der Waals surface area (Å²) in [4.78, 5) is 24.4. The minimum atomic E-state index is -0.244. The Bertz CT molecular complexity index is 1050. The van der Waals surface area contributed by atoms with Gasteiger partial charge in [-0.25, -0.2) is 0 Å². The van der Waals surface area contributed by atoms with E-state index in [1.54, 1.807) is 35.2 Å². The first-order valence-electron chi connectivity index (χ1n) is 8.29. The van der Waals surface area contributed by atoms with Crippen molar-refractivity contribution < 1.29 is 9.59 Å². The van der Waals surface area contributed by atoms with E-state index in [0.29, 0.717) is 15.7 Å². The third kappa shape index (κ3) is 3.48. The fraction of sp³-hybridized carbons (Fsp3) is 0.158. The number of fused-ring (bicyclic) bond motifs is 1. The molecule has 1 N–H and O–H groups in total. The van der Waals surface area contributed by atoms with Crippen LogP contribution in [0.2, 0.25) is 5.02 Å². The first-order valence-corrected chi connectivity index (χ1v) is 9.66. The second-order valence-corrected chi connectivity index (χ2v) is 7.57. The standard InChI is InChI=1S/C19H15ClN4O2S/c1-11-15-7-12(5-6-16(15)22-18(11)26)17(25)9-27-19-23-21-10-24(19)14-4-2-3-13(20)8-14/h2-8,10-11H,9H2,1H3,(H,22,26)/t11-/m0/s1. The smallest absolute Gasteiger partial charge is 0.231 e. The van der Waals surface area contributed by atoms with Gasteiger partial charge in [-0.3, -0.25) is 14.2 Å². The van der Waals surface area contributed by atoms with Crippen molar-refractivity contribution in [3.63, 3.8) is 0 Å². The van der Waals surface area contributed by atoms with Crippen molar-refractivity contribution in [3.05, 3.63) is 64.9 Å². The zero-order chi connectivity index (χ0) is 19.0. The summed E-state index contributed by atoms with van der Waals surface area (Å²) in [5.74, 6) is -0.103. The number of Topliss-reactive ketones (excluding diaryl/α,β-unsaturated/α-hetero) is 1. The summed E-state index contributed by atoms with van der Waals surface area (Å²) in [7, 11) is 0. The van der Waals surface area contributed by atoms with Crippen LogP contribution in [-0.4, -0.2) is 32.2 Å². The molecule has 6 nitrogen and oxygen atoms in total. The lowest BCUT2D eigenvalue weighted by atomic mass is 9.99. The molecule has 0 saturated heterocycles. The van der Waals surface area contributed by atoms with Gasteiger partial charge < -0.3 is 5.32 Å². The number of nitrogens with one attached hydrogen (secondary N) is 1. The van der Waals surface area contributed by atoms with Crippen LogP contribution < -0.4 is 5.32 Å². The van der Waals surface area contributed by atoms with Gasteiger partial charge in [-0.05, 0) is 48.9 Å². The third-order valence-corrected chi connectivity index (χ3v) is 5.60. The summed E-state index contributed by atoms with van der Waals surface area (Å²) in [5, 5.41) is 12.1. The van der Waals surface area contributed by atoms with Gasteiger partial charge in [0.1, 0.15) is 6.33 Å². The first-order chi connectivity index (χ1) is 13.0. The van der Waals surface area contributed by atoms with Crippen LogP contribution in [0.25, 0.3) is 5.69 Å². The van der Waals surface area contributed by atoms with E-state index >= 15 is 0 Å². The minimum Gasteiger partial charge on any atom is -0.325 e. The van der Waals surface area contributed by atoms with Crippen LogP contribution >= 0.6 is 23.4 Å². The zero-order valence-electron chi connectivity index (χ0n) is 14.3. The summed E-state index contributed by atoms with van der Waals surface area (Å²) in [5.41, 5.74) is 3.05. The number of benzene rings is 2. The third-order valence-electron chi connectivity index (χ3n) is 4.43. The Hall–Kier alpha value is -2.64. The van der Waals surface area contributed by atoms with Crippen LogP contribution in [0.5, 0.6) is 0 Å². The maximum Gasteiger partial charge on any atom is 0.231 e. The molecule has 4 rings (SSSR count). The van der Waals surface area contributed by atoms with Crippen molar-refractivity contribution in [2.24, 2.45) is 0 Å². The Morgan fingerprint density at radius 1 is 1.30 bits per heavy atom. The highest BCUT2D eigenvalue weighted by atomic mass is 35.5. The maximum absolute atomic E-state index is 12.6. The summed E-state index contributed by atoms with van der Waals surface area (Å²) >= 11 is 7.35. The van der Waals surface area contributed by atoms with Gasteiger partial charge in [0.15, 0.2) is 10.9 Å². The van der Waals surface area contributed by atoms with Crippen molar-refractivity contribution in [2.75, 3.05) is 11.1 Å². The molecular formula is C19H15ClN4O2S. The quantitative estimate of drug-likeness (QED) is 0.520. The lowest BCUT2D eigenvalue weighted by Crippen LogP contribution is -2.08. The van der Waals surface area contributed by atoms with Crippen LogP contribution in [0.3, 0.4) is 0 Å². The van der Waals surface area contributed by atoms with Gasteiger partial charge in [0.05, 0.1) is 17.4 Å². The number of amides is 1. The fourth-order valence-corrected chi connectivity index (χ4v) is 3.94. The Kier molecular flexibility index (Phi) is 4.72. The lowest BCUT2D eigenvalue weighted by Gasteiger charge is -2.07. The van der Waals surface area contributed by atoms with Crippen LogP contribution in [0.4, 0.5) is 5.69 Å². The molecule has 136 valence electrons. The van der Waals surface area contributed by atoms with Crippen molar-refractivity contribution in [1.82, 2.24) is 14.8 Å². The fourth-order valence-electron chi connectivity index (χ4n) is 2.93. The molecule has 0 radical (unpaired) electrons. The maximum atomic E-state index is 12.6. The molecule has 0 saturated carbocycles. The number of carbonyl (C=O) groups excluding carboxylic acids is 2. The molecule has 1 atom stereocenters. The largest absolute Gasteiger partial charge is 0.325 e. The molecule has 27 heavy (non-hydrogen) atoms. The van der Waals surface area contributed by atoms with Gasteiger partial charge in [0.2, 0.25) is 5.91 Å². The summed E-state index contributed by atoms with van der Waals surface area (Å²) in [6.45, 7) is 1.83. The molecule has 1 aromatic heterocycles. The number of hydrogen-bond donors (Lipinski definition) is 1. The molecule has 0 bridgehead atoms. The summed E-state index contributed by atoms with van der Waals surface area (Å²) in [6.07, 6.45) is 1.59. The van der Waals surface area contributed by atoms with E-state index < -0.39 is 0 Å². The normalized spacial score (nSPS) is 15.5. The minimum absolute atomic E-state index is 0.0324. The van der Waals surface area contributed by atoms with Gasteiger partial charge in [-0.1, -0.05) is 29.4 Å². The highest BCUT2D eigenvalue weighted by Crippen LogP contribution is 2.33. The predicted molar refractivity (Wildman–Crippen MR) is 105 cm³/mol. The van der Waals surface area contributed by atoms with Crippen LogP contribution in [0.15, 0.2) is 53.9 Å². The van der Waals surface area contributed by atoms with E-state index in [1.165, 1.54) is 11.8 Å². The molecule has 3 aromatic rings. The van der Waals surface area contributed by atoms with Gasteiger partial charge >= 0.3 is 0 Å². The Balaban J connectivity index is 1.50. The molecule has 1 amide bonds. The van der Waals surface area contributed by atoms with Crippen molar-refractivity contribution in [2.45, 2.75) is 18.0 Å². The number of ketones is 1. The van der Waals surface area contributed by atoms with E-state index in [2.05, 4.69) is 15.5 Å². The van der Waals surface area contributed by atoms with Crippen LogP contribution in [0, 0.1) is 0 Å². The van der Waals surface area contributed by atoms with Crippen LogP contribution in [-0.2, 0) is 4.79 Å². The molecule has 8 heteroatoms. The second-order valence-electron chi connectivity index (χ2n) is 6.19. The number of halogens is 1. The number of rotatable bonds is 5. The number of carbonyl (C=O) groups is 2. The molecule has 0 unspecified atom stereocenters. The lowest BCUT2D eigenvalue weighted by molar-refractivity contribution is -0.116. The Labute approximate surface area is 164 Å². The van der Waals surface area contributed by atoms with Crippen molar-refractivity contribution >= 4 is 40.7 Å². The highest BCUT2D eigenvalue weighted by Gasteiger charge is 2.27. The predicted octanol–water partition coefficient (Wildman–Crippen LogP) is 3.95. The SMILES string of the molecule is C[C@@H]1C(=O)Nc2ccc(C(=O)CSc3nncn3-c3cccc(Cl)c3)cc21. The first kappa shape index (κ1) is 17.8. The number of nitrogens with zero attached hydrogens (tertiary/aromatic N) is 3. The van der Waals surface area contributed by atoms with Crippen molar-refractivity contribution in [3.8, 4) is 5.69 Å². The molecule has 0 fully saturated rings. The molecule has 2 heterocycles. The Morgan fingerprint density at radius 2 is 2.15 bits per heavy atom. The van der Waals surface area contributed by atoms with E-state index in [0.717, 1.165) is 16.9 Å². The van der Waals surface area contributed by atoms with Gasteiger partial charge in [-0.15, -0.1) is 10.2 Å². The van der Waals surface area contributed by atoms with Crippen LogP contribution in [0.1, 0.15) is 28.8 Å². The number of aromatic nitrogens is 3. The van der Waals surface area contributed by atoms with Crippen molar-refractivity contribution in [1.29, 1.82) is 0 Å². The van der Waals surface area contributed by atoms with E-state index in [9.17, 15) is 9.59 Å². The molecule has 1 aliphatic rings. The highest BCUT2D eigenvalue weighted by molar-refractivity contribution is 7.99. The van der Waals surface area contributed by atoms with E-state index in [4.69, 9.17) is 11.6 Å². The van der Waals surface area contributed by atoms with E-state index in [-0.39, 0.29) is 23.4 Å². The molecule has 0 spiro atoms. The Morgan fingerprint density at radius 3 is 2.96 bits per heavy atom. The van der Waals surface area contributed by atoms with Gasteiger partial charge in [-0.2, -0.15) is 0 Å². The zero-order valence-corrected chi connectivity index (χ0v) is 15.9. The molecular weight excluding hydrogens is 384 g/mol. The monoisotopic (exact) mass is 398 g/mol.